The number of aromatic nitrogens is 2. The molecule has 0 bridgehead atoms. The highest BCUT2D eigenvalue weighted by molar-refractivity contribution is 6.28. The Labute approximate surface area is 80.1 Å². The van der Waals surface area contributed by atoms with E-state index in [0.717, 1.165) is 0 Å². The second-order valence-corrected chi connectivity index (χ2v) is 2.39. The van der Waals surface area contributed by atoms with E-state index < -0.39 is 0 Å². The molecule has 0 aromatic carbocycles. The lowest BCUT2D eigenvalue weighted by Gasteiger charge is -2.01. The maximum Gasteiger partial charge on any atom is 0.240 e. The number of rotatable bonds is 3. The van der Waals surface area contributed by atoms with Crippen LogP contribution in [0.2, 0.25) is 0 Å². The molecule has 0 spiro atoms. The van der Waals surface area contributed by atoms with Crippen molar-refractivity contribution in [2.45, 2.75) is 0 Å². The van der Waals surface area contributed by atoms with Gasteiger partial charge in [0.15, 0.2) is 5.82 Å². The third-order valence-corrected chi connectivity index (χ3v) is 1.47. The molecule has 0 unspecified atom stereocenters. The number of carbonyl (C=O) groups excluding carboxylic acids is 1. The van der Waals surface area contributed by atoms with Gasteiger partial charge in [0.2, 0.25) is 11.8 Å². The van der Waals surface area contributed by atoms with Gasteiger partial charge >= 0.3 is 0 Å². The maximum absolute atomic E-state index is 10.8. The monoisotopic (exact) mass is 201 g/mol. The number of nitrogens with zero attached hydrogens (tertiary/aromatic N) is 2. The van der Waals surface area contributed by atoms with E-state index in [9.17, 15) is 4.79 Å². The molecule has 1 aromatic rings. The summed E-state index contributed by atoms with van der Waals surface area (Å²) in [6.07, 6.45) is 2.80. The summed E-state index contributed by atoms with van der Waals surface area (Å²) < 4.78 is 4.79. The molecule has 13 heavy (non-hydrogen) atoms. The molecule has 0 aliphatic carbocycles. The predicted molar refractivity (Wildman–Crippen MR) is 47.9 cm³/mol. The summed E-state index contributed by atoms with van der Waals surface area (Å²) in [5.74, 6) is 0.324. The zero-order chi connectivity index (χ0) is 9.68. The summed E-state index contributed by atoms with van der Waals surface area (Å²) in [6.45, 7) is 0. The molecule has 1 rings (SSSR count). The molecule has 1 aromatic heterocycles. The molecule has 0 fully saturated rings. The Kier molecular flexibility index (Phi) is 3.45. The number of anilines is 1. The molecular weight excluding hydrogens is 194 g/mol. The van der Waals surface area contributed by atoms with E-state index in [-0.39, 0.29) is 11.8 Å². The van der Waals surface area contributed by atoms with Gasteiger partial charge in [-0.3, -0.25) is 4.79 Å². The number of amides is 1. The molecule has 0 saturated heterocycles. The van der Waals surface area contributed by atoms with Crippen LogP contribution in [0.15, 0.2) is 12.4 Å². The quantitative estimate of drug-likeness (QED) is 0.730. The molecule has 5 nitrogen and oxygen atoms in total. The number of carbonyl (C=O) groups is 1. The number of methoxy groups -OCH3 is 1. The number of hydrogen-bond acceptors (Lipinski definition) is 4. The molecule has 0 atom stereocenters. The van der Waals surface area contributed by atoms with Crippen molar-refractivity contribution in [1.82, 2.24) is 9.97 Å². The normalized spacial score (nSPS) is 9.38. The van der Waals surface area contributed by atoms with Crippen LogP contribution in [0.1, 0.15) is 0 Å². The van der Waals surface area contributed by atoms with Gasteiger partial charge in [-0.15, -0.1) is 11.6 Å². The third-order valence-electron chi connectivity index (χ3n) is 1.23. The zero-order valence-electron chi connectivity index (χ0n) is 6.95. The molecule has 0 saturated carbocycles. The van der Waals surface area contributed by atoms with Gasteiger partial charge in [-0.1, -0.05) is 0 Å². The lowest BCUT2D eigenvalue weighted by molar-refractivity contribution is -0.113. The van der Waals surface area contributed by atoms with Crippen LogP contribution in [0, 0.1) is 0 Å². The summed E-state index contributed by atoms with van der Waals surface area (Å²) in [5, 5.41) is 2.44. The van der Waals surface area contributed by atoms with E-state index >= 15 is 0 Å². The van der Waals surface area contributed by atoms with Gasteiger partial charge in [0.1, 0.15) is 5.88 Å². The molecule has 6 heteroatoms. The van der Waals surface area contributed by atoms with Gasteiger partial charge in [-0.25, -0.2) is 9.97 Å². The van der Waals surface area contributed by atoms with Crippen LogP contribution in [-0.2, 0) is 4.79 Å². The zero-order valence-corrected chi connectivity index (χ0v) is 7.71. The largest absolute Gasteiger partial charge is 0.480 e. The van der Waals surface area contributed by atoms with E-state index in [1.54, 1.807) is 0 Å². The molecule has 0 radical (unpaired) electrons. The van der Waals surface area contributed by atoms with E-state index in [1.165, 1.54) is 19.5 Å². The van der Waals surface area contributed by atoms with Crippen LogP contribution in [0.4, 0.5) is 5.82 Å². The van der Waals surface area contributed by atoms with Gasteiger partial charge in [0, 0.05) is 0 Å². The van der Waals surface area contributed by atoms with Crippen molar-refractivity contribution in [3.05, 3.63) is 12.4 Å². The summed E-state index contributed by atoms with van der Waals surface area (Å²) in [4.78, 5) is 18.5. The van der Waals surface area contributed by atoms with E-state index in [1.807, 2.05) is 0 Å². The van der Waals surface area contributed by atoms with Crippen LogP contribution in [0.3, 0.4) is 0 Å². The molecule has 1 N–H and O–H groups in total. The van der Waals surface area contributed by atoms with Crippen molar-refractivity contribution < 1.29 is 9.53 Å². The molecule has 0 aliphatic rings. The number of hydrogen-bond donors (Lipinski definition) is 1. The Hall–Kier alpha value is -1.36. The lowest BCUT2D eigenvalue weighted by Crippen LogP contribution is -2.13. The summed E-state index contributed by atoms with van der Waals surface area (Å²) >= 11 is 5.28. The fourth-order valence-corrected chi connectivity index (χ4v) is 0.729. The number of halogens is 1. The first kappa shape index (κ1) is 9.73. The van der Waals surface area contributed by atoms with E-state index in [2.05, 4.69) is 15.3 Å². The van der Waals surface area contributed by atoms with Crippen molar-refractivity contribution in [1.29, 1.82) is 0 Å². The maximum atomic E-state index is 10.8. The highest BCUT2D eigenvalue weighted by Gasteiger charge is 2.01. The Bertz CT molecular complexity index is 288. The minimum absolute atomic E-state index is 0.103. The van der Waals surface area contributed by atoms with Crippen molar-refractivity contribution in [3.63, 3.8) is 0 Å². The van der Waals surface area contributed by atoms with Crippen LogP contribution in [0.25, 0.3) is 0 Å². The topological polar surface area (TPSA) is 64.1 Å². The standard InChI is InChI=1S/C7H8ClN3O2/c1-13-7-4-9-5(3-10-7)11-6(12)2-8/h3-4H,2H2,1H3,(H,9,11,12). The van der Waals surface area contributed by atoms with Crippen molar-refractivity contribution in [2.75, 3.05) is 18.3 Å². The van der Waals surface area contributed by atoms with Crippen molar-refractivity contribution >= 4 is 23.3 Å². The average molecular weight is 202 g/mol. The second kappa shape index (κ2) is 4.61. The van der Waals surface area contributed by atoms with Crippen molar-refractivity contribution in [2.24, 2.45) is 0 Å². The minimum Gasteiger partial charge on any atom is -0.480 e. The highest BCUT2D eigenvalue weighted by Crippen LogP contribution is 2.05. The fraction of sp³-hybridized carbons (Fsp3) is 0.286. The smallest absolute Gasteiger partial charge is 0.240 e. The first-order chi connectivity index (χ1) is 6.26. The summed E-state index contributed by atoms with van der Waals surface area (Å²) in [6, 6.07) is 0. The Morgan fingerprint density at radius 1 is 1.62 bits per heavy atom. The van der Waals surface area contributed by atoms with Crippen LogP contribution < -0.4 is 10.1 Å². The Balaban J connectivity index is 2.64. The van der Waals surface area contributed by atoms with Gasteiger partial charge in [0.25, 0.3) is 0 Å². The highest BCUT2D eigenvalue weighted by atomic mass is 35.5. The first-order valence-corrected chi connectivity index (χ1v) is 4.01. The van der Waals surface area contributed by atoms with Gasteiger partial charge in [0.05, 0.1) is 19.5 Å². The minimum atomic E-state index is -0.318. The van der Waals surface area contributed by atoms with Gasteiger partial charge in [-0.05, 0) is 0 Å². The van der Waals surface area contributed by atoms with Crippen LogP contribution in [-0.4, -0.2) is 28.9 Å². The van der Waals surface area contributed by atoms with Crippen LogP contribution >= 0.6 is 11.6 Å². The molecule has 0 aliphatic heterocycles. The van der Waals surface area contributed by atoms with Crippen molar-refractivity contribution in [3.8, 4) is 5.88 Å². The fourth-order valence-electron chi connectivity index (χ4n) is 0.662. The molecule has 1 heterocycles. The second-order valence-electron chi connectivity index (χ2n) is 2.13. The summed E-state index contributed by atoms with van der Waals surface area (Å²) in [7, 11) is 1.49. The number of nitrogens with one attached hydrogen (secondary N) is 1. The predicted octanol–water partition coefficient (Wildman–Crippen LogP) is 0.662. The number of alkyl halides is 1. The average Bonchev–Trinajstić information content (AvgIpc) is 2.19. The Morgan fingerprint density at radius 2 is 2.38 bits per heavy atom. The molecule has 70 valence electrons. The van der Waals surface area contributed by atoms with Gasteiger partial charge < -0.3 is 10.1 Å². The molecular formula is C7H8ClN3O2. The first-order valence-electron chi connectivity index (χ1n) is 3.48. The SMILES string of the molecule is COc1cnc(NC(=O)CCl)cn1. The summed E-state index contributed by atoms with van der Waals surface area (Å²) in [5.41, 5.74) is 0. The molecule has 1 amide bonds. The van der Waals surface area contributed by atoms with Gasteiger partial charge in [-0.2, -0.15) is 0 Å². The van der Waals surface area contributed by atoms with E-state index in [4.69, 9.17) is 16.3 Å². The van der Waals surface area contributed by atoms with Crippen LogP contribution in [0.5, 0.6) is 5.88 Å². The number of ether oxygens (including phenoxy) is 1. The van der Waals surface area contributed by atoms with E-state index in [0.29, 0.717) is 11.7 Å². The Morgan fingerprint density at radius 3 is 2.85 bits per heavy atom. The lowest BCUT2D eigenvalue weighted by atomic mass is 10.6. The third kappa shape index (κ3) is 2.87.